The largest absolute Gasteiger partial charge is 0.481 e. The van der Waals surface area contributed by atoms with E-state index in [9.17, 15) is 10.2 Å². The van der Waals surface area contributed by atoms with Gasteiger partial charge in [0.2, 0.25) is 0 Å². The number of hydrogen-bond donors (Lipinski definition) is 2. The van der Waals surface area contributed by atoms with Crippen LogP contribution in [-0.2, 0) is 0 Å². The second-order valence-corrected chi connectivity index (χ2v) is 6.35. The molecule has 0 bridgehead atoms. The van der Waals surface area contributed by atoms with Crippen molar-refractivity contribution >= 4 is 11.1 Å². The van der Waals surface area contributed by atoms with E-state index >= 15 is 0 Å². The molecule has 0 unspecified atom stereocenters. The zero-order valence-corrected chi connectivity index (χ0v) is 16.3. The zero-order chi connectivity index (χ0) is 20.0. The van der Waals surface area contributed by atoms with Gasteiger partial charge in [-0.2, -0.15) is 0 Å². The quantitative estimate of drug-likeness (QED) is 0.273. The molecular formula is C26H28O2. The summed E-state index contributed by atoms with van der Waals surface area (Å²) in [4.78, 5) is 0. The predicted octanol–water partition coefficient (Wildman–Crippen LogP) is 7.41. The molecule has 2 nitrogen and oxygen atoms in total. The summed E-state index contributed by atoms with van der Waals surface area (Å²) in [7, 11) is 0. The molecule has 2 aromatic carbocycles. The van der Waals surface area contributed by atoms with Crippen molar-refractivity contribution in [1.82, 2.24) is 0 Å². The summed E-state index contributed by atoms with van der Waals surface area (Å²) in [6.45, 7) is 2.19. The zero-order valence-electron chi connectivity index (χ0n) is 16.3. The maximum absolute atomic E-state index is 9.99. The van der Waals surface area contributed by atoms with Crippen molar-refractivity contribution in [3.8, 4) is 0 Å². The molecule has 144 valence electrons. The van der Waals surface area contributed by atoms with Gasteiger partial charge in [-0.05, 0) is 23.1 Å². The fourth-order valence-corrected chi connectivity index (χ4v) is 2.79. The summed E-state index contributed by atoms with van der Waals surface area (Å²) >= 11 is 0. The molecule has 0 atom stereocenters. The van der Waals surface area contributed by atoms with Crippen LogP contribution in [0.1, 0.15) is 37.3 Å². The molecule has 0 amide bonds. The highest BCUT2D eigenvalue weighted by atomic mass is 16.5. The molecule has 0 aliphatic heterocycles. The molecule has 0 aliphatic carbocycles. The number of rotatable bonds is 9. The number of allylic oxidation sites excluding steroid dienone is 9. The average molecular weight is 373 g/mol. The Morgan fingerprint density at radius 3 is 1.93 bits per heavy atom. The molecular weight excluding hydrogens is 344 g/mol. The van der Waals surface area contributed by atoms with Crippen molar-refractivity contribution in [3.05, 3.63) is 120 Å². The third-order valence-electron chi connectivity index (χ3n) is 4.21. The first-order valence-corrected chi connectivity index (χ1v) is 9.67. The van der Waals surface area contributed by atoms with Crippen LogP contribution < -0.4 is 0 Å². The fourth-order valence-electron chi connectivity index (χ4n) is 2.79. The molecule has 0 radical (unpaired) electrons. The van der Waals surface area contributed by atoms with Gasteiger partial charge < -0.3 is 10.2 Å². The van der Waals surface area contributed by atoms with E-state index in [-0.39, 0.29) is 0 Å². The molecule has 28 heavy (non-hydrogen) atoms. The Hall–Kier alpha value is -3.26. The van der Waals surface area contributed by atoms with E-state index < -0.39 is 5.95 Å². The van der Waals surface area contributed by atoms with Gasteiger partial charge in [0.1, 0.15) is 0 Å². The first-order chi connectivity index (χ1) is 13.7. The van der Waals surface area contributed by atoms with Crippen LogP contribution in [0, 0.1) is 0 Å². The number of hydrogen-bond acceptors (Lipinski definition) is 2. The van der Waals surface area contributed by atoms with Crippen LogP contribution in [0.3, 0.4) is 0 Å². The minimum atomic E-state index is -0.691. The Morgan fingerprint density at radius 1 is 0.750 bits per heavy atom. The maximum atomic E-state index is 9.99. The topological polar surface area (TPSA) is 40.5 Å². The average Bonchev–Trinajstić information content (AvgIpc) is 2.72. The number of aliphatic hydroxyl groups excluding tert-OH is 1. The lowest BCUT2D eigenvalue weighted by atomic mass is 9.92. The Labute approximate surface area is 168 Å². The number of aliphatic hydroxyl groups is 2. The number of benzene rings is 2. The van der Waals surface area contributed by atoms with Crippen LogP contribution in [0.5, 0.6) is 0 Å². The normalized spacial score (nSPS) is 12.2. The van der Waals surface area contributed by atoms with Crippen molar-refractivity contribution in [2.75, 3.05) is 0 Å². The summed E-state index contributed by atoms with van der Waals surface area (Å²) in [5, 5.41) is 20.0. The lowest BCUT2D eigenvalue weighted by molar-refractivity contribution is 0.195. The third kappa shape index (κ3) is 6.81. The van der Waals surface area contributed by atoms with E-state index in [0.29, 0.717) is 5.57 Å². The highest BCUT2D eigenvalue weighted by Crippen LogP contribution is 2.32. The van der Waals surface area contributed by atoms with E-state index in [1.54, 1.807) is 0 Å². The van der Waals surface area contributed by atoms with E-state index in [1.807, 2.05) is 91.0 Å². The van der Waals surface area contributed by atoms with Crippen molar-refractivity contribution in [2.24, 2.45) is 0 Å². The van der Waals surface area contributed by atoms with Crippen LogP contribution in [0.2, 0.25) is 0 Å². The van der Waals surface area contributed by atoms with Gasteiger partial charge in [0.25, 0.3) is 5.95 Å². The Bertz CT molecular complexity index is 850. The maximum Gasteiger partial charge on any atom is 0.282 e. The molecule has 2 rings (SSSR count). The Balaban J connectivity index is 2.29. The molecule has 0 fully saturated rings. The van der Waals surface area contributed by atoms with Crippen molar-refractivity contribution in [3.63, 3.8) is 0 Å². The summed E-state index contributed by atoms with van der Waals surface area (Å²) in [5.74, 6) is -0.691. The molecule has 2 aromatic rings. The SMILES string of the molecule is CCCCC=CC=CC=CC=C(C(=C(O)O)c1ccccc1)c1ccccc1. The van der Waals surface area contributed by atoms with E-state index in [1.165, 1.54) is 12.8 Å². The molecule has 0 spiro atoms. The second kappa shape index (κ2) is 12.2. The summed E-state index contributed by atoms with van der Waals surface area (Å²) in [5.41, 5.74) is 2.81. The standard InChI is InChI=1S/C26H28O2/c1-2-3-4-5-6-7-8-9-16-21-24(22-17-12-10-13-18-22)25(26(27)28)23-19-14-11-15-20-23/h5-21,27-28H,2-4H2,1H3. The van der Waals surface area contributed by atoms with E-state index in [0.717, 1.165) is 23.1 Å². The molecule has 2 heteroatoms. The molecule has 0 aliphatic rings. The first kappa shape index (κ1) is 21.0. The lowest BCUT2D eigenvalue weighted by Crippen LogP contribution is -1.95. The third-order valence-corrected chi connectivity index (χ3v) is 4.21. The van der Waals surface area contributed by atoms with Crippen molar-refractivity contribution < 1.29 is 10.2 Å². The smallest absolute Gasteiger partial charge is 0.282 e. The fraction of sp³-hybridized carbons (Fsp3) is 0.154. The minimum absolute atomic E-state index is 0.403. The Kier molecular flexibility index (Phi) is 9.16. The van der Waals surface area contributed by atoms with Gasteiger partial charge in [-0.3, -0.25) is 0 Å². The van der Waals surface area contributed by atoms with Crippen LogP contribution in [0.15, 0.2) is 109 Å². The van der Waals surface area contributed by atoms with Gasteiger partial charge in [-0.15, -0.1) is 0 Å². The molecule has 0 saturated heterocycles. The predicted molar refractivity (Wildman–Crippen MR) is 120 cm³/mol. The van der Waals surface area contributed by atoms with Gasteiger partial charge in [0, 0.05) is 0 Å². The van der Waals surface area contributed by atoms with Crippen LogP contribution >= 0.6 is 0 Å². The monoisotopic (exact) mass is 372 g/mol. The van der Waals surface area contributed by atoms with Gasteiger partial charge in [0.15, 0.2) is 0 Å². The van der Waals surface area contributed by atoms with Crippen molar-refractivity contribution in [1.29, 1.82) is 0 Å². The van der Waals surface area contributed by atoms with Gasteiger partial charge in [-0.25, -0.2) is 0 Å². The minimum Gasteiger partial charge on any atom is -0.481 e. The summed E-state index contributed by atoms with van der Waals surface area (Å²) in [6, 6.07) is 19.1. The van der Waals surface area contributed by atoms with Gasteiger partial charge in [0.05, 0.1) is 5.57 Å². The molecule has 2 N–H and O–H groups in total. The van der Waals surface area contributed by atoms with Crippen LogP contribution in [0.4, 0.5) is 0 Å². The van der Waals surface area contributed by atoms with Crippen LogP contribution in [-0.4, -0.2) is 10.2 Å². The summed E-state index contributed by atoms with van der Waals surface area (Å²) in [6.07, 6.45) is 17.4. The number of unbranched alkanes of at least 4 members (excludes halogenated alkanes) is 2. The molecule has 0 aromatic heterocycles. The second-order valence-electron chi connectivity index (χ2n) is 6.35. The van der Waals surface area contributed by atoms with Gasteiger partial charge in [-0.1, -0.05) is 123 Å². The highest BCUT2D eigenvalue weighted by Gasteiger charge is 2.15. The van der Waals surface area contributed by atoms with Gasteiger partial charge >= 0.3 is 0 Å². The van der Waals surface area contributed by atoms with Crippen molar-refractivity contribution in [2.45, 2.75) is 26.2 Å². The van der Waals surface area contributed by atoms with E-state index in [4.69, 9.17) is 0 Å². The van der Waals surface area contributed by atoms with E-state index in [2.05, 4.69) is 19.1 Å². The lowest BCUT2D eigenvalue weighted by Gasteiger charge is -2.12. The first-order valence-electron chi connectivity index (χ1n) is 9.67. The Morgan fingerprint density at radius 2 is 1.32 bits per heavy atom. The van der Waals surface area contributed by atoms with Crippen LogP contribution in [0.25, 0.3) is 11.1 Å². The highest BCUT2D eigenvalue weighted by molar-refractivity contribution is 6.05. The molecule has 0 saturated carbocycles. The molecule has 0 heterocycles. The summed E-state index contributed by atoms with van der Waals surface area (Å²) < 4.78 is 0.